The molecule has 0 aliphatic carbocycles. The third-order valence-electron chi connectivity index (χ3n) is 5.81. The second-order valence-electron chi connectivity index (χ2n) is 8.20. The van der Waals surface area contributed by atoms with Gasteiger partial charge in [-0.3, -0.25) is 9.59 Å². The third-order valence-corrected chi connectivity index (χ3v) is 8.79. The monoisotopic (exact) mass is 498 g/mol. The van der Waals surface area contributed by atoms with Crippen molar-refractivity contribution in [2.75, 3.05) is 18.4 Å². The van der Waals surface area contributed by atoms with E-state index in [0.29, 0.717) is 24.1 Å². The van der Waals surface area contributed by atoms with Gasteiger partial charge in [-0.15, -0.1) is 0 Å². The van der Waals surface area contributed by atoms with Gasteiger partial charge in [-0.05, 0) is 56.2 Å². The number of sulfonamides is 1. The number of rotatable bonds is 7. The van der Waals surface area contributed by atoms with E-state index in [2.05, 4.69) is 10.3 Å². The number of piperidine rings is 1. The summed E-state index contributed by atoms with van der Waals surface area (Å²) in [6.45, 7) is 1.91. The van der Waals surface area contributed by atoms with Gasteiger partial charge >= 0.3 is 0 Å². The number of amides is 1. The summed E-state index contributed by atoms with van der Waals surface area (Å²) in [7, 11) is -1.78. The Kier molecular flexibility index (Phi) is 7.20. The molecule has 2 aromatic carbocycles. The molecule has 10 heteroatoms. The fraction of sp³-hybridized carbons (Fsp3) is 0.292. The Balaban J connectivity index is 1.33. The summed E-state index contributed by atoms with van der Waals surface area (Å²) in [5.41, 5.74) is 1.06. The minimum atomic E-state index is -3.72. The van der Waals surface area contributed by atoms with Crippen LogP contribution in [0.4, 0.5) is 5.69 Å². The van der Waals surface area contributed by atoms with Crippen LogP contribution in [0.1, 0.15) is 30.1 Å². The zero-order chi connectivity index (χ0) is 24.3. The molecule has 4 rings (SSSR count). The van der Waals surface area contributed by atoms with Crippen molar-refractivity contribution in [3.63, 3.8) is 0 Å². The number of ketones is 1. The Morgan fingerprint density at radius 3 is 2.41 bits per heavy atom. The highest BCUT2D eigenvalue weighted by Crippen LogP contribution is 2.28. The molecule has 0 atom stereocenters. The summed E-state index contributed by atoms with van der Waals surface area (Å²) in [5, 5.41) is 3.82. The van der Waals surface area contributed by atoms with Crippen LogP contribution in [0.15, 0.2) is 75.9 Å². The molecule has 178 valence electrons. The van der Waals surface area contributed by atoms with Gasteiger partial charge in [0.25, 0.3) is 0 Å². The molecule has 8 nitrogen and oxygen atoms in total. The molecule has 0 radical (unpaired) electrons. The Labute approximate surface area is 203 Å². The molecule has 3 aromatic rings. The topological polar surface area (TPSA) is 101 Å². The summed E-state index contributed by atoms with van der Waals surface area (Å²) >= 11 is 1.54. The minimum Gasteiger partial charge on any atom is -0.329 e. The zero-order valence-corrected chi connectivity index (χ0v) is 20.6. The molecular weight excluding hydrogens is 472 g/mol. The molecule has 2 heterocycles. The average Bonchev–Trinajstić information content (AvgIpc) is 3.24. The van der Waals surface area contributed by atoms with Crippen LogP contribution in [0, 0.1) is 5.92 Å². The van der Waals surface area contributed by atoms with E-state index in [1.54, 1.807) is 18.3 Å². The maximum Gasteiger partial charge on any atom is 0.243 e. The normalized spacial score (nSPS) is 15.2. The number of benzene rings is 2. The van der Waals surface area contributed by atoms with Crippen molar-refractivity contribution in [1.29, 1.82) is 0 Å². The largest absolute Gasteiger partial charge is 0.329 e. The second-order valence-corrected chi connectivity index (χ2v) is 11.2. The van der Waals surface area contributed by atoms with E-state index in [4.69, 9.17) is 0 Å². The number of Topliss-reactive ketones (excluding diaryl/α,β-unsaturated/α-hetero) is 1. The van der Waals surface area contributed by atoms with Crippen LogP contribution in [-0.2, 0) is 21.9 Å². The van der Waals surface area contributed by atoms with Crippen LogP contribution in [0.2, 0.25) is 0 Å². The van der Waals surface area contributed by atoms with Gasteiger partial charge < -0.3 is 9.88 Å². The van der Waals surface area contributed by atoms with Gasteiger partial charge in [0.2, 0.25) is 15.9 Å². The first kappa shape index (κ1) is 24.2. The molecule has 1 aliphatic rings. The number of hydrogen-bond acceptors (Lipinski definition) is 6. The van der Waals surface area contributed by atoms with E-state index in [1.165, 1.54) is 35.1 Å². The Hall–Kier alpha value is -2.95. The van der Waals surface area contributed by atoms with Gasteiger partial charge in [-0.2, -0.15) is 4.31 Å². The van der Waals surface area contributed by atoms with E-state index in [0.717, 1.165) is 10.1 Å². The van der Waals surface area contributed by atoms with Crippen molar-refractivity contribution in [2.24, 2.45) is 13.0 Å². The van der Waals surface area contributed by atoms with E-state index < -0.39 is 10.0 Å². The van der Waals surface area contributed by atoms with E-state index in [9.17, 15) is 18.0 Å². The molecule has 0 spiro atoms. The van der Waals surface area contributed by atoms with Gasteiger partial charge in [0, 0.05) is 54.6 Å². The first-order valence-electron chi connectivity index (χ1n) is 10.9. The fourth-order valence-corrected chi connectivity index (χ4v) is 6.11. The van der Waals surface area contributed by atoms with Gasteiger partial charge in [0.1, 0.15) is 0 Å². The highest BCUT2D eigenvalue weighted by molar-refractivity contribution is 7.99. The Bertz CT molecular complexity index is 1290. The number of hydrogen-bond donors (Lipinski definition) is 1. The lowest BCUT2D eigenvalue weighted by atomic mass is 9.97. The molecule has 0 saturated carbocycles. The maximum atomic E-state index is 13.0. The first-order valence-corrected chi connectivity index (χ1v) is 13.2. The smallest absolute Gasteiger partial charge is 0.243 e. The fourth-order valence-electron chi connectivity index (χ4n) is 3.79. The van der Waals surface area contributed by atoms with E-state index >= 15 is 0 Å². The van der Waals surface area contributed by atoms with Gasteiger partial charge in [-0.25, -0.2) is 13.4 Å². The lowest BCUT2D eigenvalue weighted by Gasteiger charge is -2.30. The van der Waals surface area contributed by atoms with Crippen molar-refractivity contribution in [2.45, 2.75) is 34.7 Å². The van der Waals surface area contributed by atoms with Crippen LogP contribution >= 0.6 is 11.8 Å². The number of aryl methyl sites for hydroxylation is 1. The molecule has 1 aliphatic heterocycles. The molecule has 0 unspecified atom stereocenters. The molecular formula is C24H26N4O4S2. The molecule has 1 N–H and O–H groups in total. The van der Waals surface area contributed by atoms with Gasteiger partial charge in [0.15, 0.2) is 10.9 Å². The SMILES string of the molecule is CC(=O)c1cccc(S(=O)(=O)N2CCC(C(=O)Nc3ccc(Sc4nccn4C)cc3)CC2)c1. The standard InChI is InChI=1S/C24H26N4O4S2/c1-17(29)19-4-3-5-22(16-19)34(31,32)28-13-10-18(11-14-28)23(30)26-20-6-8-21(9-7-20)33-24-25-12-15-27(24)2/h3-9,12,15-16,18H,10-11,13-14H2,1-2H3,(H,26,30). The highest BCUT2D eigenvalue weighted by atomic mass is 32.2. The average molecular weight is 499 g/mol. The summed E-state index contributed by atoms with van der Waals surface area (Å²) in [4.78, 5) is 29.8. The van der Waals surface area contributed by atoms with E-state index in [-0.39, 0.29) is 35.6 Å². The lowest BCUT2D eigenvalue weighted by Crippen LogP contribution is -2.41. The molecule has 1 fully saturated rings. The number of carbonyl (C=O) groups is 2. The molecule has 1 amide bonds. The van der Waals surface area contributed by atoms with Crippen molar-refractivity contribution in [3.05, 3.63) is 66.5 Å². The third kappa shape index (κ3) is 5.40. The Morgan fingerprint density at radius 1 is 1.09 bits per heavy atom. The lowest BCUT2D eigenvalue weighted by molar-refractivity contribution is -0.120. The number of carbonyl (C=O) groups excluding carboxylic acids is 2. The van der Waals surface area contributed by atoms with Crippen molar-refractivity contribution in [3.8, 4) is 0 Å². The van der Waals surface area contributed by atoms with Crippen LogP contribution in [0.5, 0.6) is 0 Å². The van der Waals surface area contributed by atoms with Crippen molar-refractivity contribution < 1.29 is 18.0 Å². The van der Waals surface area contributed by atoms with Crippen molar-refractivity contribution >= 4 is 39.2 Å². The molecule has 1 aromatic heterocycles. The number of aromatic nitrogens is 2. The van der Waals surface area contributed by atoms with E-state index in [1.807, 2.05) is 42.1 Å². The molecule has 0 bridgehead atoms. The number of nitrogens with zero attached hydrogens (tertiary/aromatic N) is 3. The highest BCUT2D eigenvalue weighted by Gasteiger charge is 2.32. The Morgan fingerprint density at radius 2 is 1.79 bits per heavy atom. The van der Waals surface area contributed by atoms with Crippen LogP contribution in [0.25, 0.3) is 0 Å². The number of imidazole rings is 1. The quantitative estimate of drug-likeness (QED) is 0.497. The predicted molar refractivity (Wildman–Crippen MR) is 130 cm³/mol. The van der Waals surface area contributed by atoms with Crippen LogP contribution < -0.4 is 5.32 Å². The molecule has 1 saturated heterocycles. The summed E-state index contributed by atoms with van der Waals surface area (Å²) in [6.07, 6.45) is 4.50. The molecule has 34 heavy (non-hydrogen) atoms. The van der Waals surface area contributed by atoms with Crippen molar-refractivity contribution in [1.82, 2.24) is 13.9 Å². The van der Waals surface area contributed by atoms with Gasteiger partial charge in [0.05, 0.1) is 4.90 Å². The van der Waals surface area contributed by atoms with Crippen LogP contribution in [0.3, 0.4) is 0 Å². The summed E-state index contributed by atoms with van der Waals surface area (Å²) in [6, 6.07) is 13.6. The summed E-state index contributed by atoms with van der Waals surface area (Å²) < 4.78 is 29.3. The second kappa shape index (κ2) is 10.1. The maximum absolute atomic E-state index is 13.0. The van der Waals surface area contributed by atoms with Crippen LogP contribution in [-0.4, -0.2) is 47.1 Å². The number of nitrogens with one attached hydrogen (secondary N) is 1. The zero-order valence-electron chi connectivity index (χ0n) is 19.0. The number of anilines is 1. The predicted octanol–water partition coefficient (Wildman–Crippen LogP) is 3.81. The van der Waals surface area contributed by atoms with Gasteiger partial charge in [-0.1, -0.05) is 23.9 Å². The summed E-state index contributed by atoms with van der Waals surface area (Å²) in [5.74, 6) is -0.563. The first-order chi connectivity index (χ1) is 16.2. The minimum absolute atomic E-state index is 0.103.